The Balaban J connectivity index is 1.46. The zero-order valence-corrected chi connectivity index (χ0v) is 16.9. The lowest BCUT2D eigenvalue weighted by atomic mass is 9.94. The van der Waals surface area contributed by atoms with Crippen molar-refractivity contribution in [2.75, 3.05) is 13.1 Å². The maximum absolute atomic E-state index is 13.9. The Kier molecular flexibility index (Phi) is 5.17. The van der Waals surface area contributed by atoms with E-state index in [1.54, 1.807) is 22.9 Å². The van der Waals surface area contributed by atoms with E-state index in [0.29, 0.717) is 30.0 Å². The Morgan fingerprint density at radius 2 is 2.10 bits per heavy atom. The third kappa shape index (κ3) is 3.79. The predicted molar refractivity (Wildman–Crippen MR) is 105 cm³/mol. The summed E-state index contributed by atoms with van der Waals surface area (Å²) in [4.78, 5) is 19.3. The molecule has 1 amide bonds. The van der Waals surface area contributed by atoms with Crippen LogP contribution in [-0.2, 0) is 13.5 Å². The van der Waals surface area contributed by atoms with Crippen molar-refractivity contribution in [3.05, 3.63) is 52.9 Å². The Bertz CT molecular complexity index is 1040. The zero-order chi connectivity index (χ0) is 20.5. The molecule has 4 rings (SSSR count). The highest BCUT2D eigenvalue weighted by atomic mass is 19.1. The minimum atomic E-state index is -0.378. The number of piperidine rings is 1. The fraction of sp³-hybridized carbons (Fsp3) is 0.429. The number of benzene rings is 1. The molecule has 3 heterocycles. The van der Waals surface area contributed by atoms with Crippen molar-refractivity contribution in [1.82, 2.24) is 24.8 Å². The van der Waals surface area contributed by atoms with Crippen LogP contribution < -0.4 is 0 Å². The van der Waals surface area contributed by atoms with E-state index >= 15 is 0 Å². The lowest BCUT2D eigenvalue weighted by Gasteiger charge is -2.32. The second-order valence-corrected chi connectivity index (χ2v) is 7.62. The van der Waals surface area contributed by atoms with Crippen LogP contribution >= 0.6 is 0 Å². The smallest absolute Gasteiger partial charge is 0.257 e. The molecule has 0 saturated carbocycles. The van der Waals surface area contributed by atoms with Gasteiger partial charge in [-0.15, -0.1) is 0 Å². The quantitative estimate of drug-likeness (QED) is 0.675. The summed E-state index contributed by atoms with van der Waals surface area (Å²) in [6.45, 7) is 5.14. The van der Waals surface area contributed by atoms with E-state index in [-0.39, 0.29) is 23.5 Å². The molecule has 1 fully saturated rings. The molecule has 1 aliphatic rings. The number of aromatic nitrogens is 4. The van der Waals surface area contributed by atoms with Gasteiger partial charge in [-0.25, -0.2) is 4.39 Å². The molecule has 7 nitrogen and oxygen atoms in total. The number of halogens is 1. The highest BCUT2D eigenvalue weighted by Crippen LogP contribution is 2.25. The van der Waals surface area contributed by atoms with Crippen molar-refractivity contribution in [3.8, 4) is 11.4 Å². The molecule has 29 heavy (non-hydrogen) atoms. The normalized spacial score (nSPS) is 17.0. The fourth-order valence-electron chi connectivity index (χ4n) is 3.99. The molecule has 1 aliphatic heterocycles. The number of hydrogen-bond donors (Lipinski definition) is 0. The Morgan fingerprint density at radius 3 is 2.83 bits per heavy atom. The van der Waals surface area contributed by atoms with Crippen LogP contribution in [0.15, 0.2) is 28.8 Å². The van der Waals surface area contributed by atoms with Gasteiger partial charge in [-0.2, -0.15) is 10.1 Å². The number of carbonyl (C=O) groups excluding carboxylic acids is 1. The van der Waals surface area contributed by atoms with Gasteiger partial charge in [0.15, 0.2) is 0 Å². The standard InChI is InChI=1S/C21H24FN5O2/c1-13-19(14(2)26(3)24-13)21(28)27-10-6-7-15(12-27)11-18-23-20(25-29-18)16-8-4-5-9-17(16)22/h4-5,8-9,15H,6-7,10-12H2,1-3H3. The van der Waals surface area contributed by atoms with Gasteiger partial charge in [-0.3, -0.25) is 9.48 Å². The van der Waals surface area contributed by atoms with E-state index in [9.17, 15) is 9.18 Å². The molecule has 2 aromatic heterocycles. The molecule has 8 heteroatoms. The molecule has 1 aromatic carbocycles. The number of aryl methyl sites for hydroxylation is 2. The minimum absolute atomic E-state index is 0.0235. The van der Waals surface area contributed by atoms with Crippen molar-refractivity contribution in [1.29, 1.82) is 0 Å². The van der Waals surface area contributed by atoms with Crippen LogP contribution in [0.3, 0.4) is 0 Å². The number of amides is 1. The molecule has 1 unspecified atom stereocenters. The maximum atomic E-state index is 13.9. The minimum Gasteiger partial charge on any atom is -0.339 e. The third-order valence-electron chi connectivity index (χ3n) is 5.58. The van der Waals surface area contributed by atoms with E-state index in [2.05, 4.69) is 15.2 Å². The van der Waals surface area contributed by atoms with Crippen molar-refractivity contribution < 1.29 is 13.7 Å². The summed E-state index contributed by atoms with van der Waals surface area (Å²) in [7, 11) is 1.85. The number of hydrogen-bond acceptors (Lipinski definition) is 5. The van der Waals surface area contributed by atoms with Gasteiger partial charge in [0, 0.05) is 32.3 Å². The van der Waals surface area contributed by atoms with E-state index in [1.807, 2.05) is 25.8 Å². The maximum Gasteiger partial charge on any atom is 0.257 e. The highest BCUT2D eigenvalue weighted by molar-refractivity contribution is 5.96. The molecular weight excluding hydrogens is 373 g/mol. The van der Waals surface area contributed by atoms with E-state index in [1.165, 1.54) is 6.07 Å². The van der Waals surface area contributed by atoms with Crippen LogP contribution in [0, 0.1) is 25.6 Å². The lowest BCUT2D eigenvalue weighted by Crippen LogP contribution is -2.41. The summed E-state index contributed by atoms with van der Waals surface area (Å²) in [6.07, 6.45) is 2.46. The van der Waals surface area contributed by atoms with Gasteiger partial charge in [0.05, 0.1) is 16.8 Å². The van der Waals surface area contributed by atoms with E-state index < -0.39 is 0 Å². The molecule has 152 valence electrons. The Morgan fingerprint density at radius 1 is 1.31 bits per heavy atom. The summed E-state index contributed by atoms with van der Waals surface area (Å²) in [5, 5.41) is 8.28. The van der Waals surface area contributed by atoms with Crippen molar-refractivity contribution >= 4 is 5.91 Å². The fourth-order valence-corrected chi connectivity index (χ4v) is 3.99. The topological polar surface area (TPSA) is 77.1 Å². The first-order valence-corrected chi connectivity index (χ1v) is 9.81. The van der Waals surface area contributed by atoms with E-state index in [0.717, 1.165) is 30.8 Å². The number of rotatable bonds is 4. The van der Waals surface area contributed by atoms with Crippen molar-refractivity contribution in [2.45, 2.75) is 33.1 Å². The summed E-state index contributed by atoms with van der Waals surface area (Å²) < 4.78 is 21.0. The zero-order valence-electron chi connectivity index (χ0n) is 16.9. The average Bonchev–Trinajstić information content (AvgIpc) is 3.26. The second kappa shape index (κ2) is 7.77. The van der Waals surface area contributed by atoms with Gasteiger partial charge >= 0.3 is 0 Å². The SMILES string of the molecule is Cc1nn(C)c(C)c1C(=O)N1CCCC(Cc2nc(-c3ccccc3F)no2)C1. The largest absolute Gasteiger partial charge is 0.339 e. The first-order chi connectivity index (χ1) is 13.9. The number of nitrogens with zero attached hydrogens (tertiary/aromatic N) is 5. The van der Waals surface area contributed by atoms with Crippen LogP contribution in [0.2, 0.25) is 0 Å². The average molecular weight is 397 g/mol. The van der Waals surface area contributed by atoms with Gasteiger partial charge in [0.1, 0.15) is 5.82 Å². The molecule has 0 aliphatic carbocycles. The molecular formula is C21H24FN5O2. The predicted octanol–water partition coefficient (Wildman–Crippen LogP) is 3.32. The van der Waals surface area contributed by atoms with Crippen LogP contribution in [0.4, 0.5) is 4.39 Å². The van der Waals surface area contributed by atoms with Crippen LogP contribution in [0.5, 0.6) is 0 Å². The third-order valence-corrected chi connectivity index (χ3v) is 5.58. The van der Waals surface area contributed by atoms with E-state index in [4.69, 9.17) is 4.52 Å². The van der Waals surface area contributed by atoms with Crippen LogP contribution in [0.25, 0.3) is 11.4 Å². The van der Waals surface area contributed by atoms with Gasteiger partial charge in [-0.1, -0.05) is 17.3 Å². The van der Waals surface area contributed by atoms with Gasteiger partial charge in [0.2, 0.25) is 11.7 Å². The van der Waals surface area contributed by atoms with Crippen LogP contribution in [0.1, 0.15) is 40.5 Å². The molecule has 0 radical (unpaired) electrons. The van der Waals surface area contributed by atoms with Crippen LogP contribution in [-0.4, -0.2) is 43.8 Å². The van der Waals surface area contributed by atoms with Crippen molar-refractivity contribution in [3.63, 3.8) is 0 Å². The molecule has 1 atom stereocenters. The monoisotopic (exact) mass is 397 g/mol. The Labute approximate surface area is 168 Å². The van der Waals surface area contributed by atoms with Crippen molar-refractivity contribution in [2.24, 2.45) is 13.0 Å². The highest BCUT2D eigenvalue weighted by Gasteiger charge is 2.29. The summed E-state index contributed by atoms with van der Waals surface area (Å²) in [5.41, 5.74) is 2.64. The van der Waals surface area contributed by atoms with Gasteiger partial charge in [-0.05, 0) is 44.7 Å². The molecule has 0 spiro atoms. The number of likely N-dealkylation sites (tertiary alicyclic amines) is 1. The summed E-state index contributed by atoms with van der Waals surface area (Å²) in [6, 6.07) is 6.36. The molecule has 3 aromatic rings. The Hall–Kier alpha value is -3.03. The summed E-state index contributed by atoms with van der Waals surface area (Å²) >= 11 is 0. The van der Waals surface area contributed by atoms with Gasteiger partial charge < -0.3 is 9.42 Å². The molecule has 0 bridgehead atoms. The summed E-state index contributed by atoms with van der Waals surface area (Å²) in [5.74, 6) is 0.588. The molecule has 0 N–H and O–H groups in total. The first kappa shape index (κ1) is 19.3. The number of carbonyl (C=O) groups is 1. The second-order valence-electron chi connectivity index (χ2n) is 7.62. The van der Waals surface area contributed by atoms with Gasteiger partial charge in [0.25, 0.3) is 5.91 Å². The lowest BCUT2D eigenvalue weighted by molar-refractivity contribution is 0.0666. The first-order valence-electron chi connectivity index (χ1n) is 9.81. The molecule has 1 saturated heterocycles.